The van der Waals surface area contributed by atoms with Crippen molar-refractivity contribution in [3.05, 3.63) is 78.1 Å². The van der Waals surface area contributed by atoms with Gasteiger partial charge in [-0.15, -0.1) is 0 Å². The molecule has 0 saturated carbocycles. The van der Waals surface area contributed by atoms with Gasteiger partial charge in [0.05, 0.1) is 23.6 Å². The number of carbonyl (C=O) groups is 1. The van der Waals surface area contributed by atoms with E-state index in [0.717, 1.165) is 29.2 Å². The predicted octanol–water partition coefficient (Wildman–Crippen LogP) is 5.20. The minimum atomic E-state index is -0.0284. The number of para-hydroxylation sites is 1. The molecule has 1 aromatic heterocycles. The molecule has 2 heterocycles. The molecule has 0 aliphatic carbocycles. The standard InChI is InChI=1S/C24H25N3O2/c1-16(2)29-22-10-8-20(9-11-22)26-21-13-19(14-25-15-21)24(28)27-17(3)12-18-6-4-5-7-23(18)27/h4-11,13-17,26H,12H2,1-3H3. The molecule has 0 saturated heterocycles. The molecule has 0 bridgehead atoms. The molecule has 0 spiro atoms. The predicted molar refractivity (Wildman–Crippen MR) is 116 cm³/mol. The molecule has 148 valence electrons. The second-order valence-corrected chi connectivity index (χ2v) is 7.64. The molecule has 5 heteroatoms. The summed E-state index contributed by atoms with van der Waals surface area (Å²) in [6, 6.07) is 17.8. The van der Waals surface area contributed by atoms with Gasteiger partial charge >= 0.3 is 0 Å². The fourth-order valence-corrected chi connectivity index (χ4v) is 3.70. The lowest BCUT2D eigenvalue weighted by Gasteiger charge is -2.23. The highest BCUT2D eigenvalue weighted by Crippen LogP contribution is 2.33. The quantitative estimate of drug-likeness (QED) is 0.653. The van der Waals surface area contributed by atoms with E-state index < -0.39 is 0 Å². The molecule has 0 radical (unpaired) electrons. The van der Waals surface area contributed by atoms with Crippen molar-refractivity contribution in [3.63, 3.8) is 0 Å². The molecule has 1 N–H and O–H groups in total. The number of nitrogens with one attached hydrogen (secondary N) is 1. The van der Waals surface area contributed by atoms with E-state index in [2.05, 4.69) is 23.3 Å². The minimum absolute atomic E-state index is 0.0284. The monoisotopic (exact) mass is 387 g/mol. The van der Waals surface area contributed by atoms with E-state index in [1.807, 2.05) is 67.3 Å². The number of anilines is 3. The Bertz CT molecular complexity index is 1010. The lowest BCUT2D eigenvalue weighted by molar-refractivity contribution is 0.0981. The van der Waals surface area contributed by atoms with Gasteiger partial charge in [-0.2, -0.15) is 0 Å². The second kappa shape index (κ2) is 7.95. The second-order valence-electron chi connectivity index (χ2n) is 7.64. The van der Waals surface area contributed by atoms with Crippen molar-refractivity contribution < 1.29 is 9.53 Å². The van der Waals surface area contributed by atoms with E-state index in [1.54, 1.807) is 12.4 Å². The molecule has 29 heavy (non-hydrogen) atoms. The van der Waals surface area contributed by atoms with Crippen molar-refractivity contribution >= 4 is 23.0 Å². The zero-order chi connectivity index (χ0) is 20.4. The van der Waals surface area contributed by atoms with Crippen molar-refractivity contribution in [2.24, 2.45) is 0 Å². The highest BCUT2D eigenvalue weighted by molar-refractivity contribution is 6.08. The maximum Gasteiger partial charge on any atom is 0.260 e. The van der Waals surface area contributed by atoms with E-state index in [9.17, 15) is 4.79 Å². The van der Waals surface area contributed by atoms with Crippen molar-refractivity contribution in [3.8, 4) is 5.75 Å². The molecular weight excluding hydrogens is 362 g/mol. The van der Waals surface area contributed by atoms with Crippen LogP contribution in [0.1, 0.15) is 36.7 Å². The number of rotatable bonds is 5. The summed E-state index contributed by atoms with van der Waals surface area (Å²) in [7, 11) is 0. The average molecular weight is 387 g/mol. The Hall–Kier alpha value is -3.34. The van der Waals surface area contributed by atoms with Crippen LogP contribution in [0.25, 0.3) is 0 Å². The van der Waals surface area contributed by atoms with E-state index in [1.165, 1.54) is 5.56 Å². The Morgan fingerprint density at radius 3 is 2.62 bits per heavy atom. The van der Waals surface area contributed by atoms with Gasteiger partial charge in [0, 0.05) is 23.6 Å². The maximum absolute atomic E-state index is 13.2. The van der Waals surface area contributed by atoms with Gasteiger partial charge < -0.3 is 15.0 Å². The van der Waals surface area contributed by atoms with Crippen LogP contribution < -0.4 is 15.0 Å². The smallest absolute Gasteiger partial charge is 0.260 e. The van der Waals surface area contributed by atoms with Gasteiger partial charge in [-0.05, 0) is 69.2 Å². The zero-order valence-electron chi connectivity index (χ0n) is 16.9. The van der Waals surface area contributed by atoms with Crippen molar-refractivity contribution in [1.82, 2.24) is 4.98 Å². The molecule has 1 amide bonds. The summed E-state index contributed by atoms with van der Waals surface area (Å²) < 4.78 is 5.68. The van der Waals surface area contributed by atoms with Crippen LogP contribution in [0.5, 0.6) is 5.75 Å². The van der Waals surface area contributed by atoms with E-state index in [4.69, 9.17) is 4.74 Å². The Morgan fingerprint density at radius 1 is 1.10 bits per heavy atom. The lowest BCUT2D eigenvalue weighted by Crippen LogP contribution is -2.35. The molecule has 1 unspecified atom stereocenters. The number of carbonyl (C=O) groups excluding carboxylic acids is 1. The number of hydrogen-bond acceptors (Lipinski definition) is 4. The molecule has 1 atom stereocenters. The van der Waals surface area contributed by atoms with Gasteiger partial charge in [0.15, 0.2) is 0 Å². The highest BCUT2D eigenvalue weighted by Gasteiger charge is 2.31. The minimum Gasteiger partial charge on any atom is -0.491 e. The van der Waals surface area contributed by atoms with Crippen LogP contribution in [0.3, 0.4) is 0 Å². The van der Waals surface area contributed by atoms with Crippen LogP contribution in [0, 0.1) is 0 Å². The molecule has 5 nitrogen and oxygen atoms in total. The molecule has 2 aromatic carbocycles. The third kappa shape index (κ3) is 4.09. The summed E-state index contributed by atoms with van der Waals surface area (Å²) in [4.78, 5) is 19.4. The highest BCUT2D eigenvalue weighted by atomic mass is 16.5. The molecule has 3 aromatic rings. The number of benzene rings is 2. The van der Waals surface area contributed by atoms with Crippen LogP contribution in [0.2, 0.25) is 0 Å². The van der Waals surface area contributed by atoms with E-state index in [0.29, 0.717) is 5.56 Å². The van der Waals surface area contributed by atoms with Gasteiger partial charge in [0.25, 0.3) is 5.91 Å². The number of ether oxygens (including phenoxy) is 1. The van der Waals surface area contributed by atoms with Crippen LogP contribution in [-0.4, -0.2) is 23.0 Å². The number of hydrogen-bond donors (Lipinski definition) is 1. The van der Waals surface area contributed by atoms with Crippen LogP contribution in [-0.2, 0) is 6.42 Å². The van der Waals surface area contributed by atoms with Gasteiger partial charge in [-0.3, -0.25) is 9.78 Å². The number of fused-ring (bicyclic) bond motifs is 1. The summed E-state index contributed by atoms with van der Waals surface area (Å²) in [5, 5.41) is 3.31. The number of pyridine rings is 1. The van der Waals surface area contributed by atoms with Crippen LogP contribution in [0.4, 0.5) is 17.1 Å². The fraction of sp³-hybridized carbons (Fsp3) is 0.250. The normalized spacial score (nSPS) is 15.3. The molecule has 1 aliphatic heterocycles. The first kappa shape index (κ1) is 19.0. The molecule has 1 aliphatic rings. The Labute approximate surface area is 171 Å². The van der Waals surface area contributed by atoms with Crippen LogP contribution in [0.15, 0.2) is 67.0 Å². The average Bonchev–Trinajstić information content (AvgIpc) is 3.04. The third-order valence-corrected chi connectivity index (χ3v) is 4.93. The molecule has 4 rings (SSSR count). The number of aromatic nitrogens is 1. The first-order valence-corrected chi connectivity index (χ1v) is 9.91. The van der Waals surface area contributed by atoms with Gasteiger partial charge in [-0.25, -0.2) is 0 Å². The molecule has 0 fully saturated rings. The first-order valence-electron chi connectivity index (χ1n) is 9.91. The Balaban J connectivity index is 1.52. The Kier molecular flexibility index (Phi) is 5.21. The van der Waals surface area contributed by atoms with E-state index in [-0.39, 0.29) is 18.1 Å². The topological polar surface area (TPSA) is 54.5 Å². The Morgan fingerprint density at radius 2 is 1.86 bits per heavy atom. The third-order valence-electron chi connectivity index (χ3n) is 4.93. The summed E-state index contributed by atoms with van der Waals surface area (Å²) in [5.74, 6) is 0.800. The first-order chi connectivity index (χ1) is 14.0. The maximum atomic E-state index is 13.2. The summed E-state index contributed by atoms with van der Waals surface area (Å²) >= 11 is 0. The lowest BCUT2D eigenvalue weighted by atomic mass is 10.1. The summed E-state index contributed by atoms with van der Waals surface area (Å²) in [5.41, 5.74) is 4.45. The van der Waals surface area contributed by atoms with Crippen molar-refractivity contribution in [1.29, 1.82) is 0 Å². The van der Waals surface area contributed by atoms with Gasteiger partial charge in [0.2, 0.25) is 0 Å². The van der Waals surface area contributed by atoms with Gasteiger partial charge in [0.1, 0.15) is 5.75 Å². The van der Waals surface area contributed by atoms with E-state index >= 15 is 0 Å². The van der Waals surface area contributed by atoms with Crippen molar-refractivity contribution in [2.75, 3.05) is 10.2 Å². The summed E-state index contributed by atoms with van der Waals surface area (Å²) in [6.45, 7) is 6.08. The SMILES string of the molecule is CC(C)Oc1ccc(Nc2cncc(C(=O)N3c4ccccc4CC3C)c2)cc1. The fourth-order valence-electron chi connectivity index (χ4n) is 3.70. The largest absolute Gasteiger partial charge is 0.491 e. The molecular formula is C24H25N3O2. The van der Waals surface area contributed by atoms with Crippen LogP contribution >= 0.6 is 0 Å². The zero-order valence-corrected chi connectivity index (χ0v) is 16.9. The summed E-state index contributed by atoms with van der Waals surface area (Å²) in [6.07, 6.45) is 4.36. The number of amides is 1. The van der Waals surface area contributed by atoms with Crippen molar-refractivity contribution in [2.45, 2.75) is 39.3 Å². The van der Waals surface area contributed by atoms with Gasteiger partial charge in [-0.1, -0.05) is 18.2 Å². The number of nitrogens with zero attached hydrogens (tertiary/aromatic N) is 2.